The number of carbonyl (C=O) groups excluding carboxylic acids is 2. The number of carbonyl (C=O) groups is 2. The zero-order chi connectivity index (χ0) is 19.1. The predicted molar refractivity (Wildman–Crippen MR) is 105 cm³/mol. The molecule has 3 aliphatic heterocycles. The molecule has 1 atom stereocenters. The van der Waals surface area contributed by atoms with E-state index in [1.165, 1.54) is 0 Å². The third kappa shape index (κ3) is 2.99. The fraction of sp³-hybridized carbons (Fsp3) is 0.524. The molecule has 1 spiro atoms. The number of piperidine rings is 1. The molecule has 5 rings (SSSR count). The van der Waals surface area contributed by atoms with Crippen LogP contribution in [0.5, 0.6) is 0 Å². The first-order valence-electron chi connectivity index (χ1n) is 10.1. The number of likely N-dealkylation sites (tertiary alicyclic amines) is 1. The number of hydrogen-bond acceptors (Lipinski definition) is 4. The first-order chi connectivity index (χ1) is 13.6. The fourth-order valence-corrected chi connectivity index (χ4v) is 4.97. The van der Waals surface area contributed by atoms with Gasteiger partial charge in [-0.1, -0.05) is 0 Å². The van der Waals surface area contributed by atoms with Crippen molar-refractivity contribution in [3.63, 3.8) is 0 Å². The van der Waals surface area contributed by atoms with E-state index in [2.05, 4.69) is 15.2 Å². The number of benzene rings is 1. The molecule has 1 unspecified atom stereocenters. The summed E-state index contributed by atoms with van der Waals surface area (Å²) in [4.78, 5) is 32.5. The van der Waals surface area contributed by atoms with E-state index in [9.17, 15) is 9.59 Å². The summed E-state index contributed by atoms with van der Waals surface area (Å²) in [5.74, 6) is 0.188. The highest BCUT2D eigenvalue weighted by molar-refractivity contribution is 5.98. The monoisotopic (exact) mass is 382 g/mol. The number of hydrogen-bond donors (Lipinski definition) is 2. The zero-order valence-corrected chi connectivity index (χ0v) is 15.9. The van der Waals surface area contributed by atoms with Crippen molar-refractivity contribution < 1.29 is 14.3 Å². The van der Waals surface area contributed by atoms with Gasteiger partial charge in [0.2, 0.25) is 5.91 Å². The normalized spacial score (nSPS) is 26.9. The molecular formula is C21H26N4O3. The highest BCUT2D eigenvalue weighted by Crippen LogP contribution is 2.33. The van der Waals surface area contributed by atoms with Gasteiger partial charge in [-0.2, -0.15) is 0 Å². The quantitative estimate of drug-likeness (QED) is 0.822. The maximum absolute atomic E-state index is 13.0. The number of piperazine rings is 1. The van der Waals surface area contributed by atoms with Crippen molar-refractivity contribution in [2.75, 3.05) is 39.4 Å². The lowest BCUT2D eigenvalue weighted by Crippen LogP contribution is -2.67. The Morgan fingerprint density at radius 1 is 1.21 bits per heavy atom. The van der Waals surface area contributed by atoms with Crippen molar-refractivity contribution in [1.82, 2.24) is 20.1 Å². The minimum absolute atomic E-state index is 0.0654. The third-order valence-corrected chi connectivity index (χ3v) is 6.61. The van der Waals surface area contributed by atoms with Crippen molar-refractivity contribution >= 4 is 22.7 Å². The number of H-pyrrole nitrogens is 1. The average Bonchev–Trinajstić information content (AvgIpc) is 3.39. The molecule has 2 aromatic rings. The second-order valence-corrected chi connectivity index (χ2v) is 8.23. The smallest absolute Gasteiger partial charge is 0.253 e. The molecule has 148 valence electrons. The Morgan fingerprint density at radius 2 is 2.07 bits per heavy atom. The number of fused-ring (bicyclic) bond motifs is 1. The molecule has 0 radical (unpaired) electrons. The van der Waals surface area contributed by atoms with Crippen molar-refractivity contribution in [3.8, 4) is 0 Å². The summed E-state index contributed by atoms with van der Waals surface area (Å²) in [7, 11) is 0. The topological polar surface area (TPSA) is 77.7 Å². The second kappa shape index (κ2) is 6.90. The number of nitrogens with one attached hydrogen (secondary N) is 2. The van der Waals surface area contributed by atoms with Crippen molar-refractivity contribution in [2.24, 2.45) is 0 Å². The van der Waals surface area contributed by atoms with Crippen LogP contribution in [0.15, 0.2) is 30.5 Å². The minimum Gasteiger partial charge on any atom is -0.379 e. The molecule has 7 nitrogen and oxygen atoms in total. The third-order valence-electron chi connectivity index (χ3n) is 6.61. The minimum atomic E-state index is -0.0654. The van der Waals surface area contributed by atoms with E-state index < -0.39 is 0 Å². The summed E-state index contributed by atoms with van der Waals surface area (Å²) in [6.07, 6.45) is 4.64. The Hall–Kier alpha value is -2.38. The lowest BCUT2D eigenvalue weighted by atomic mass is 9.89. The summed E-state index contributed by atoms with van der Waals surface area (Å²) >= 11 is 0. The molecule has 0 aliphatic carbocycles. The van der Waals surface area contributed by atoms with Gasteiger partial charge in [0.1, 0.15) is 0 Å². The number of nitrogens with zero attached hydrogens (tertiary/aromatic N) is 2. The largest absolute Gasteiger partial charge is 0.379 e. The van der Waals surface area contributed by atoms with Crippen molar-refractivity contribution in [1.29, 1.82) is 0 Å². The molecule has 1 aromatic carbocycles. The molecule has 4 heterocycles. The number of aromatic nitrogens is 1. The van der Waals surface area contributed by atoms with Gasteiger partial charge in [0, 0.05) is 54.9 Å². The van der Waals surface area contributed by atoms with Crippen LogP contribution < -0.4 is 5.32 Å². The van der Waals surface area contributed by atoms with Crippen LogP contribution in [-0.4, -0.2) is 77.6 Å². The van der Waals surface area contributed by atoms with Crippen LogP contribution in [-0.2, 0) is 9.53 Å². The Balaban J connectivity index is 1.27. The SMILES string of the molecule is O=C1CN(C2CCN(C(=O)c3ccc4[nH]ccc4c3)CC2)C2(CCOC2)CN1. The van der Waals surface area contributed by atoms with Crippen LogP contribution in [0.4, 0.5) is 0 Å². The van der Waals surface area contributed by atoms with Gasteiger partial charge in [-0.15, -0.1) is 0 Å². The van der Waals surface area contributed by atoms with Crippen LogP contribution in [0.3, 0.4) is 0 Å². The van der Waals surface area contributed by atoms with E-state index in [0.717, 1.165) is 55.4 Å². The first kappa shape index (κ1) is 17.7. The molecule has 7 heteroatoms. The predicted octanol–water partition coefficient (Wildman–Crippen LogP) is 1.36. The van der Waals surface area contributed by atoms with E-state index in [-0.39, 0.29) is 17.4 Å². The van der Waals surface area contributed by atoms with E-state index >= 15 is 0 Å². The van der Waals surface area contributed by atoms with E-state index in [1.807, 2.05) is 35.4 Å². The Morgan fingerprint density at radius 3 is 2.86 bits per heavy atom. The molecule has 3 fully saturated rings. The van der Waals surface area contributed by atoms with Crippen LogP contribution in [0.2, 0.25) is 0 Å². The fourth-order valence-electron chi connectivity index (χ4n) is 4.97. The molecule has 0 saturated carbocycles. The van der Waals surface area contributed by atoms with Crippen LogP contribution >= 0.6 is 0 Å². The van der Waals surface area contributed by atoms with Gasteiger partial charge < -0.3 is 19.9 Å². The lowest BCUT2D eigenvalue weighted by molar-refractivity contribution is -0.131. The van der Waals surface area contributed by atoms with Gasteiger partial charge >= 0.3 is 0 Å². The highest BCUT2D eigenvalue weighted by Gasteiger charge is 2.47. The molecule has 0 bridgehead atoms. The van der Waals surface area contributed by atoms with Crippen molar-refractivity contribution in [2.45, 2.75) is 30.8 Å². The lowest BCUT2D eigenvalue weighted by Gasteiger charge is -2.49. The van der Waals surface area contributed by atoms with E-state index in [4.69, 9.17) is 4.74 Å². The summed E-state index contributed by atoms with van der Waals surface area (Å²) in [6, 6.07) is 8.13. The van der Waals surface area contributed by atoms with Gasteiger partial charge in [0.15, 0.2) is 0 Å². The molecular weight excluding hydrogens is 356 g/mol. The van der Waals surface area contributed by atoms with Gasteiger partial charge in [0.05, 0.1) is 18.7 Å². The molecule has 3 saturated heterocycles. The summed E-state index contributed by atoms with van der Waals surface area (Å²) in [5, 5.41) is 4.08. The van der Waals surface area contributed by atoms with Gasteiger partial charge in [-0.25, -0.2) is 0 Å². The van der Waals surface area contributed by atoms with Crippen LogP contribution in [0.1, 0.15) is 29.6 Å². The number of rotatable bonds is 2. The summed E-state index contributed by atoms with van der Waals surface area (Å²) < 4.78 is 5.68. The number of ether oxygens (including phenoxy) is 1. The zero-order valence-electron chi connectivity index (χ0n) is 15.9. The van der Waals surface area contributed by atoms with Gasteiger partial charge in [0.25, 0.3) is 5.91 Å². The molecule has 28 heavy (non-hydrogen) atoms. The highest BCUT2D eigenvalue weighted by atomic mass is 16.5. The summed E-state index contributed by atoms with van der Waals surface area (Å²) in [5.41, 5.74) is 1.72. The standard InChI is InChI=1S/C21H26N4O3/c26-19-12-25(21(13-23-19)6-10-28-14-21)17-4-8-24(9-5-17)20(27)16-1-2-18-15(11-16)3-7-22-18/h1-3,7,11,17,22H,4-6,8-10,12-14H2,(H,23,26). The molecule has 3 aliphatic rings. The Kier molecular flexibility index (Phi) is 4.36. The van der Waals surface area contributed by atoms with E-state index in [0.29, 0.717) is 25.7 Å². The first-order valence-corrected chi connectivity index (χ1v) is 10.1. The molecule has 2 N–H and O–H groups in total. The van der Waals surface area contributed by atoms with Gasteiger partial charge in [-0.3, -0.25) is 14.5 Å². The van der Waals surface area contributed by atoms with Crippen LogP contribution in [0.25, 0.3) is 10.9 Å². The average molecular weight is 382 g/mol. The molecule has 2 amide bonds. The summed E-state index contributed by atoms with van der Waals surface area (Å²) in [6.45, 7) is 4.00. The van der Waals surface area contributed by atoms with E-state index in [1.54, 1.807) is 0 Å². The number of amides is 2. The Labute approximate surface area is 164 Å². The Bertz CT molecular complexity index is 894. The maximum atomic E-state index is 13.0. The number of aromatic amines is 1. The second-order valence-electron chi connectivity index (χ2n) is 8.23. The van der Waals surface area contributed by atoms with Crippen LogP contribution in [0, 0.1) is 0 Å². The van der Waals surface area contributed by atoms with Crippen molar-refractivity contribution in [3.05, 3.63) is 36.0 Å². The van der Waals surface area contributed by atoms with Gasteiger partial charge in [-0.05, 0) is 43.5 Å². The molecule has 1 aromatic heterocycles. The maximum Gasteiger partial charge on any atom is 0.253 e.